The van der Waals surface area contributed by atoms with Gasteiger partial charge >= 0.3 is 0 Å². The van der Waals surface area contributed by atoms with Gasteiger partial charge in [-0.2, -0.15) is 0 Å². The van der Waals surface area contributed by atoms with Crippen LogP contribution in [0.25, 0.3) is 31.7 Å². The second-order valence-electron chi connectivity index (χ2n) is 8.27. The summed E-state index contributed by atoms with van der Waals surface area (Å²) in [5.74, 6) is -0.0479. The molecule has 0 bridgehead atoms. The third kappa shape index (κ3) is 5.57. The van der Waals surface area contributed by atoms with E-state index in [2.05, 4.69) is 26.9 Å². The van der Waals surface area contributed by atoms with Crippen LogP contribution in [0.5, 0.6) is 0 Å². The van der Waals surface area contributed by atoms with Gasteiger partial charge in [-0.15, -0.1) is 23.7 Å². The van der Waals surface area contributed by atoms with E-state index in [-0.39, 0.29) is 18.3 Å². The smallest absolute Gasteiger partial charge is 0.260 e. The summed E-state index contributed by atoms with van der Waals surface area (Å²) in [6.45, 7) is 1.47. The quantitative estimate of drug-likeness (QED) is 0.200. The normalized spacial score (nSPS) is 11.2. The lowest BCUT2D eigenvalue weighted by Crippen LogP contribution is -2.33. The number of aromatic nitrogens is 2. The van der Waals surface area contributed by atoms with Gasteiger partial charge in [0.05, 0.1) is 31.9 Å². The van der Waals surface area contributed by atoms with Crippen molar-refractivity contribution >= 4 is 83.2 Å². The molecule has 0 unspecified atom stereocenters. The number of anilines is 1. The number of thiophene rings is 1. The Hall–Kier alpha value is -2.36. The number of amides is 1. The van der Waals surface area contributed by atoms with E-state index < -0.39 is 0 Å². The highest BCUT2D eigenvalue weighted by Crippen LogP contribution is 2.34. The molecule has 1 amide bonds. The van der Waals surface area contributed by atoms with Crippen LogP contribution in [0.2, 0.25) is 0 Å². The number of thiazole rings is 1. The summed E-state index contributed by atoms with van der Waals surface area (Å²) in [5, 5.41) is 3.60. The molecule has 9 heteroatoms. The van der Waals surface area contributed by atoms with Crippen LogP contribution in [0.3, 0.4) is 0 Å². The highest BCUT2D eigenvalue weighted by Gasteiger charge is 2.24. The molecule has 3 aromatic heterocycles. The van der Waals surface area contributed by atoms with Crippen LogP contribution in [-0.2, 0) is 0 Å². The maximum absolute atomic E-state index is 14.1. The topological polar surface area (TPSA) is 49.3 Å². The average Bonchev–Trinajstić information content (AvgIpc) is 3.50. The van der Waals surface area contributed by atoms with Crippen molar-refractivity contribution in [1.82, 2.24) is 14.9 Å². The first-order valence-electron chi connectivity index (χ1n) is 11.0. The number of halogens is 2. The molecule has 0 saturated heterocycles. The van der Waals surface area contributed by atoms with Crippen LogP contribution in [0.1, 0.15) is 16.8 Å². The first kappa shape index (κ1) is 25.7. The van der Waals surface area contributed by atoms with E-state index in [1.807, 2.05) is 79.0 Å². The molecule has 0 fully saturated rings. The third-order valence-electron chi connectivity index (χ3n) is 5.52. The zero-order chi connectivity index (χ0) is 23.7. The molecular formula is C26H24BrClN4OS2. The van der Waals surface area contributed by atoms with Gasteiger partial charge in [0, 0.05) is 16.4 Å². The van der Waals surface area contributed by atoms with Crippen molar-refractivity contribution in [3.05, 3.63) is 76.1 Å². The molecule has 35 heavy (non-hydrogen) atoms. The van der Waals surface area contributed by atoms with E-state index in [1.165, 1.54) is 0 Å². The molecule has 5 rings (SSSR count). The number of nitrogens with zero attached hydrogens (tertiary/aromatic N) is 4. The lowest BCUT2D eigenvalue weighted by atomic mass is 10.1. The van der Waals surface area contributed by atoms with Gasteiger partial charge in [-0.3, -0.25) is 9.69 Å². The molecular weight excluding hydrogens is 564 g/mol. The van der Waals surface area contributed by atoms with Gasteiger partial charge in [-0.1, -0.05) is 51.5 Å². The van der Waals surface area contributed by atoms with Crippen molar-refractivity contribution in [2.45, 2.75) is 6.42 Å². The lowest BCUT2D eigenvalue weighted by Gasteiger charge is -2.22. The summed E-state index contributed by atoms with van der Waals surface area (Å²) in [6.07, 6.45) is 0.846. The Labute approximate surface area is 227 Å². The van der Waals surface area contributed by atoms with Gasteiger partial charge in [0.1, 0.15) is 0 Å². The maximum Gasteiger partial charge on any atom is 0.260 e. The van der Waals surface area contributed by atoms with Crippen molar-refractivity contribution < 1.29 is 4.79 Å². The zero-order valence-corrected chi connectivity index (χ0v) is 23.3. The van der Waals surface area contributed by atoms with Gasteiger partial charge in [0.2, 0.25) is 0 Å². The van der Waals surface area contributed by atoms with Crippen molar-refractivity contribution in [3.8, 4) is 10.6 Å². The number of fused-ring (bicyclic) bond motifs is 2. The largest absolute Gasteiger partial charge is 0.309 e. The molecule has 0 aliphatic rings. The SMILES string of the molecule is CN(C)CCCN(C(=O)c1cc(-c2cccs2)nc2ccccc12)c1nc2ccc(Br)cc2s1.Cl. The molecule has 5 nitrogen and oxygen atoms in total. The summed E-state index contributed by atoms with van der Waals surface area (Å²) in [6, 6.07) is 19.8. The zero-order valence-electron chi connectivity index (χ0n) is 19.3. The van der Waals surface area contributed by atoms with Gasteiger partial charge in [0.25, 0.3) is 5.91 Å². The lowest BCUT2D eigenvalue weighted by molar-refractivity contribution is 0.0987. The molecule has 2 aromatic carbocycles. The number of benzene rings is 2. The minimum atomic E-state index is -0.0479. The molecule has 0 spiro atoms. The molecule has 180 valence electrons. The minimum Gasteiger partial charge on any atom is -0.309 e. The van der Waals surface area contributed by atoms with Crippen molar-refractivity contribution in [2.75, 3.05) is 32.1 Å². The monoisotopic (exact) mass is 586 g/mol. The fourth-order valence-electron chi connectivity index (χ4n) is 3.88. The third-order valence-corrected chi connectivity index (χ3v) is 7.95. The predicted octanol–water partition coefficient (Wildman–Crippen LogP) is 7.36. The Kier molecular flexibility index (Phi) is 8.19. The van der Waals surface area contributed by atoms with Gasteiger partial charge in [0.15, 0.2) is 5.13 Å². The number of rotatable bonds is 7. The Bertz CT molecular complexity index is 1470. The van der Waals surface area contributed by atoms with Crippen LogP contribution in [0.15, 0.2) is 70.5 Å². The van der Waals surface area contributed by atoms with Crippen molar-refractivity contribution in [1.29, 1.82) is 0 Å². The van der Waals surface area contributed by atoms with E-state index in [1.54, 1.807) is 22.7 Å². The molecule has 0 aliphatic heterocycles. The van der Waals surface area contributed by atoms with E-state index in [4.69, 9.17) is 9.97 Å². The van der Waals surface area contributed by atoms with E-state index in [0.29, 0.717) is 12.1 Å². The molecule has 5 aromatic rings. The summed E-state index contributed by atoms with van der Waals surface area (Å²) in [4.78, 5) is 28.8. The summed E-state index contributed by atoms with van der Waals surface area (Å²) in [5.41, 5.74) is 3.18. The van der Waals surface area contributed by atoms with Crippen molar-refractivity contribution in [2.24, 2.45) is 0 Å². The standard InChI is InChI=1S/C26H23BrN4OS2.ClH/c1-30(2)12-6-13-31(26-29-21-11-10-17(27)15-24(21)34-26)25(32)19-16-22(23-9-5-14-33-23)28-20-8-4-3-7-18(19)20;/h3-5,7-11,14-16H,6,12-13H2,1-2H3;1H. The fraction of sp³-hybridized carbons (Fsp3) is 0.192. The summed E-state index contributed by atoms with van der Waals surface area (Å²) >= 11 is 6.71. The number of carbonyl (C=O) groups excluding carboxylic acids is 1. The molecule has 0 N–H and O–H groups in total. The van der Waals surface area contributed by atoms with Crippen LogP contribution in [-0.4, -0.2) is 48.0 Å². The van der Waals surface area contributed by atoms with Crippen LogP contribution < -0.4 is 4.90 Å². The molecule has 0 radical (unpaired) electrons. The average molecular weight is 588 g/mol. The Morgan fingerprint density at radius 3 is 2.57 bits per heavy atom. The second kappa shape index (κ2) is 11.1. The van der Waals surface area contributed by atoms with Gasteiger partial charge < -0.3 is 4.90 Å². The maximum atomic E-state index is 14.1. The number of hydrogen-bond acceptors (Lipinski definition) is 6. The number of carbonyl (C=O) groups is 1. The number of para-hydroxylation sites is 1. The minimum absolute atomic E-state index is 0. The summed E-state index contributed by atoms with van der Waals surface area (Å²) in [7, 11) is 4.09. The van der Waals surface area contributed by atoms with E-state index in [0.717, 1.165) is 54.3 Å². The highest BCUT2D eigenvalue weighted by atomic mass is 79.9. The van der Waals surface area contributed by atoms with Gasteiger partial charge in [-0.25, -0.2) is 9.97 Å². The van der Waals surface area contributed by atoms with Gasteiger partial charge in [-0.05, 0) is 68.8 Å². The Morgan fingerprint density at radius 2 is 1.80 bits per heavy atom. The van der Waals surface area contributed by atoms with Crippen LogP contribution in [0.4, 0.5) is 5.13 Å². The molecule has 0 saturated carbocycles. The van der Waals surface area contributed by atoms with E-state index >= 15 is 0 Å². The number of hydrogen-bond donors (Lipinski definition) is 0. The summed E-state index contributed by atoms with van der Waals surface area (Å²) < 4.78 is 2.05. The Balaban J connectivity index is 0.00000289. The van der Waals surface area contributed by atoms with Crippen LogP contribution in [0, 0.1) is 0 Å². The first-order valence-corrected chi connectivity index (χ1v) is 13.4. The van der Waals surface area contributed by atoms with Crippen molar-refractivity contribution in [3.63, 3.8) is 0 Å². The first-order chi connectivity index (χ1) is 16.5. The van der Waals surface area contributed by atoms with Crippen LogP contribution >= 0.6 is 51.0 Å². The van der Waals surface area contributed by atoms with E-state index in [9.17, 15) is 4.79 Å². The highest BCUT2D eigenvalue weighted by molar-refractivity contribution is 9.10. The molecule has 0 aliphatic carbocycles. The Morgan fingerprint density at radius 1 is 0.971 bits per heavy atom. The number of pyridine rings is 1. The molecule has 3 heterocycles. The second-order valence-corrected chi connectivity index (χ2v) is 11.1. The molecule has 0 atom stereocenters. The predicted molar refractivity (Wildman–Crippen MR) is 154 cm³/mol. The fourth-order valence-corrected chi connectivity index (χ4v) is 6.11.